The smallest absolute Gasteiger partial charge is 0.227 e. The van der Waals surface area contributed by atoms with Crippen LogP contribution in [-0.2, 0) is 25.8 Å². The molecule has 146 valence electrons. The van der Waals surface area contributed by atoms with Crippen LogP contribution in [0.15, 0.2) is 47.4 Å². The second-order valence-corrected chi connectivity index (χ2v) is 9.77. The summed E-state index contributed by atoms with van der Waals surface area (Å²) < 4.78 is 25.2. The number of sulfone groups is 1. The van der Waals surface area contributed by atoms with Gasteiger partial charge in [0.2, 0.25) is 5.91 Å². The van der Waals surface area contributed by atoms with Crippen LogP contribution >= 0.6 is 11.3 Å². The predicted octanol–water partition coefficient (Wildman–Crippen LogP) is 3.00. The first-order valence-electron chi connectivity index (χ1n) is 8.77. The second-order valence-electron chi connectivity index (χ2n) is 6.38. The van der Waals surface area contributed by atoms with Gasteiger partial charge in [-0.05, 0) is 42.3 Å². The first kappa shape index (κ1) is 20.2. The third kappa shape index (κ3) is 4.63. The van der Waals surface area contributed by atoms with Crippen molar-refractivity contribution in [2.24, 2.45) is 0 Å². The molecular weight excluding hydrogens is 396 g/mol. The molecule has 0 bridgehead atoms. The maximum absolute atomic E-state index is 12.1. The quantitative estimate of drug-likeness (QED) is 0.639. The fraction of sp³-hybridized carbons (Fsp3) is 0.250. The number of fused-ring (bicyclic) bond motifs is 1. The largest absolute Gasteiger partial charge is 0.349 e. The van der Waals surface area contributed by atoms with Crippen molar-refractivity contribution < 1.29 is 18.0 Å². The molecule has 0 fully saturated rings. The molecule has 2 aromatic carbocycles. The van der Waals surface area contributed by atoms with Crippen molar-refractivity contribution in [2.75, 3.05) is 12.3 Å². The number of hydrogen-bond acceptors (Lipinski definition) is 6. The van der Waals surface area contributed by atoms with Crippen molar-refractivity contribution in [2.45, 2.75) is 25.2 Å². The van der Waals surface area contributed by atoms with Crippen LogP contribution in [0.4, 0.5) is 0 Å². The molecular formula is C20H20N2O4S2. The molecule has 1 amide bonds. The fourth-order valence-corrected chi connectivity index (χ4v) is 4.62. The normalized spacial score (nSPS) is 11.5. The van der Waals surface area contributed by atoms with E-state index in [4.69, 9.17) is 0 Å². The van der Waals surface area contributed by atoms with Gasteiger partial charge in [0.25, 0.3) is 0 Å². The highest BCUT2D eigenvalue weighted by molar-refractivity contribution is 7.91. The van der Waals surface area contributed by atoms with E-state index in [1.807, 2.05) is 24.3 Å². The number of thiazole rings is 1. The molecule has 0 atom stereocenters. The van der Waals surface area contributed by atoms with Gasteiger partial charge in [-0.15, -0.1) is 11.3 Å². The minimum atomic E-state index is -3.27. The van der Waals surface area contributed by atoms with Gasteiger partial charge >= 0.3 is 0 Å². The van der Waals surface area contributed by atoms with Crippen LogP contribution in [0.5, 0.6) is 0 Å². The van der Waals surface area contributed by atoms with Crippen LogP contribution in [-0.4, -0.2) is 37.4 Å². The molecule has 0 aliphatic heterocycles. The van der Waals surface area contributed by atoms with E-state index in [0.717, 1.165) is 21.3 Å². The maximum atomic E-state index is 12.1. The third-order valence-electron chi connectivity index (χ3n) is 4.19. The van der Waals surface area contributed by atoms with Crippen LogP contribution < -0.4 is 5.32 Å². The van der Waals surface area contributed by atoms with Crippen molar-refractivity contribution >= 4 is 43.1 Å². The number of carbonyl (C=O) groups is 2. The zero-order valence-electron chi connectivity index (χ0n) is 15.6. The Hall–Kier alpha value is -2.58. The molecule has 0 aliphatic carbocycles. The average molecular weight is 417 g/mol. The zero-order valence-corrected chi connectivity index (χ0v) is 17.2. The Balaban J connectivity index is 1.86. The van der Waals surface area contributed by atoms with E-state index in [2.05, 4.69) is 10.3 Å². The lowest BCUT2D eigenvalue weighted by molar-refractivity contribution is -0.124. The van der Waals surface area contributed by atoms with E-state index in [1.165, 1.54) is 18.3 Å². The predicted molar refractivity (Wildman–Crippen MR) is 110 cm³/mol. The molecule has 28 heavy (non-hydrogen) atoms. The molecule has 0 radical (unpaired) electrons. The molecule has 0 saturated carbocycles. The standard InChI is InChI=1S/C20H20N2O4S2/c1-3-28(25,26)16-6-4-5-14(9-16)15-7-8-17-18(10-15)27-20(22-17)11-19(24)21-12-13(2)23/h4-10H,3,11-12H2,1-2H3,(H,21,24). The van der Waals surface area contributed by atoms with Gasteiger partial charge in [-0.25, -0.2) is 13.4 Å². The molecule has 1 aromatic heterocycles. The molecule has 3 aromatic rings. The second kappa shape index (κ2) is 8.20. The van der Waals surface area contributed by atoms with Gasteiger partial charge in [-0.2, -0.15) is 0 Å². The number of aromatic nitrogens is 1. The Labute approximate surface area is 167 Å². The van der Waals surface area contributed by atoms with Crippen LogP contribution in [0.3, 0.4) is 0 Å². The Morgan fingerprint density at radius 1 is 1.11 bits per heavy atom. The SMILES string of the molecule is CCS(=O)(=O)c1cccc(-c2ccc3nc(CC(=O)NCC(C)=O)sc3c2)c1. The van der Waals surface area contributed by atoms with E-state index in [-0.39, 0.29) is 30.4 Å². The summed E-state index contributed by atoms with van der Waals surface area (Å²) in [4.78, 5) is 27.6. The molecule has 0 spiro atoms. The fourth-order valence-electron chi connectivity index (χ4n) is 2.69. The summed E-state index contributed by atoms with van der Waals surface area (Å²) in [5.41, 5.74) is 2.47. The van der Waals surface area contributed by atoms with E-state index in [0.29, 0.717) is 9.90 Å². The molecule has 1 heterocycles. The number of Topliss-reactive ketones (excluding diaryl/α,β-unsaturated/α-hetero) is 1. The van der Waals surface area contributed by atoms with Crippen molar-refractivity contribution in [3.05, 3.63) is 47.5 Å². The molecule has 1 N–H and O–H groups in total. The van der Waals surface area contributed by atoms with Gasteiger partial charge in [0, 0.05) is 0 Å². The number of nitrogens with zero attached hydrogens (tertiary/aromatic N) is 1. The monoisotopic (exact) mass is 416 g/mol. The first-order valence-corrected chi connectivity index (χ1v) is 11.2. The number of hydrogen-bond donors (Lipinski definition) is 1. The lowest BCUT2D eigenvalue weighted by Gasteiger charge is -2.05. The minimum Gasteiger partial charge on any atom is -0.349 e. The molecule has 0 aliphatic rings. The average Bonchev–Trinajstić information content (AvgIpc) is 3.07. The Morgan fingerprint density at radius 3 is 2.57 bits per heavy atom. The molecule has 6 nitrogen and oxygen atoms in total. The van der Waals surface area contributed by atoms with Crippen molar-refractivity contribution in [3.8, 4) is 11.1 Å². The van der Waals surface area contributed by atoms with Gasteiger partial charge in [0.15, 0.2) is 9.84 Å². The van der Waals surface area contributed by atoms with Crippen molar-refractivity contribution in [1.82, 2.24) is 10.3 Å². The van der Waals surface area contributed by atoms with E-state index >= 15 is 0 Å². The number of nitrogens with one attached hydrogen (secondary N) is 1. The molecule has 3 rings (SSSR count). The molecule has 0 saturated heterocycles. The lowest BCUT2D eigenvalue weighted by atomic mass is 10.1. The zero-order chi connectivity index (χ0) is 20.3. The van der Waals surface area contributed by atoms with E-state index < -0.39 is 9.84 Å². The number of amides is 1. The van der Waals surface area contributed by atoms with Gasteiger partial charge < -0.3 is 5.32 Å². The minimum absolute atomic E-state index is 0.0187. The maximum Gasteiger partial charge on any atom is 0.227 e. The summed E-state index contributed by atoms with van der Waals surface area (Å²) in [5, 5.41) is 3.22. The highest BCUT2D eigenvalue weighted by Crippen LogP contribution is 2.29. The Kier molecular flexibility index (Phi) is 5.90. The van der Waals surface area contributed by atoms with E-state index in [9.17, 15) is 18.0 Å². The summed E-state index contributed by atoms with van der Waals surface area (Å²) in [6.45, 7) is 3.06. The summed E-state index contributed by atoms with van der Waals surface area (Å²) in [6, 6.07) is 12.6. The van der Waals surface area contributed by atoms with Crippen LogP contribution in [0.1, 0.15) is 18.9 Å². The molecule has 8 heteroatoms. The summed E-state index contributed by atoms with van der Waals surface area (Å²) in [5.74, 6) is -0.291. The number of ketones is 1. The van der Waals surface area contributed by atoms with Crippen LogP contribution in [0, 0.1) is 0 Å². The Bertz CT molecular complexity index is 1150. The number of rotatable bonds is 7. The van der Waals surface area contributed by atoms with Gasteiger partial charge in [-0.1, -0.05) is 25.1 Å². The molecule has 0 unspecified atom stereocenters. The Morgan fingerprint density at radius 2 is 1.86 bits per heavy atom. The topological polar surface area (TPSA) is 93.2 Å². The van der Waals surface area contributed by atoms with Crippen molar-refractivity contribution in [3.63, 3.8) is 0 Å². The third-order valence-corrected chi connectivity index (χ3v) is 6.94. The summed E-state index contributed by atoms with van der Waals surface area (Å²) in [7, 11) is -3.27. The number of benzene rings is 2. The van der Waals surface area contributed by atoms with Gasteiger partial charge in [0.05, 0.1) is 33.8 Å². The van der Waals surface area contributed by atoms with Crippen LogP contribution in [0.25, 0.3) is 21.3 Å². The van der Waals surface area contributed by atoms with E-state index in [1.54, 1.807) is 25.1 Å². The van der Waals surface area contributed by atoms with Gasteiger partial charge in [0.1, 0.15) is 10.8 Å². The number of carbonyl (C=O) groups excluding carboxylic acids is 2. The van der Waals surface area contributed by atoms with Gasteiger partial charge in [-0.3, -0.25) is 9.59 Å². The highest BCUT2D eigenvalue weighted by Gasteiger charge is 2.14. The summed E-state index contributed by atoms with van der Waals surface area (Å²) in [6.07, 6.45) is 0.117. The summed E-state index contributed by atoms with van der Waals surface area (Å²) >= 11 is 1.41. The highest BCUT2D eigenvalue weighted by atomic mass is 32.2. The first-order chi connectivity index (χ1) is 13.3. The van der Waals surface area contributed by atoms with Crippen LogP contribution in [0.2, 0.25) is 0 Å². The van der Waals surface area contributed by atoms with Crippen molar-refractivity contribution in [1.29, 1.82) is 0 Å². The lowest BCUT2D eigenvalue weighted by Crippen LogP contribution is -2.29.